The van der Waals surface area contributed by atoms with E-state index in [1.807, 2.05) is 12.5 Å². The van der Waals surface area contributed by atoms with Crippen LogP contribution in [0.3, 0.4) is 0 Å². The zero-order valence-electron chi connectivity index (χ0n) is 10.9. The summed E-state index contributed by atoms with van der Waals surface area (Å²) in [5.74, 6) is 0.474. The molecule has 0 bridgehead atoms. The molecular weight excluding hydrogens is 244 g/mol. The van der Waals surface area contributed by atoms with E-state index in [1.54, 1.807) is 0 Å². The van der Waals surface area contributed by atoms with Gasteiger partial charge in [0.25, 0.3) is 0 Å². The summed E-state index contributed by atoms with van der Waals surface area (Å²) in [4.78, 5) is 4.29. The molecule has 0 saturated heterocycles. The zero-order valence-corrected chi connectivity index (χ0v) is 11.7. The van der Waals surface area contributed by atoms with Gasteiger partial charge in [-0.25, -0.2) is 4.98 Å². The number of hydrogen-bond acceptors (Lipinski definition) is 1. The molecule has 0 radical (unpaired) electrons. The summed E-state index contributed by atoms with van der Waals surface area (Å²) in [7, 11) is 0. The molecule has 1 aromatic carbocycles. The predicted octanol–water partition coefficient (Wildman–Crippen LogP) is 3.99. The van der Waals surface area contributed by atoms with Gasteiger partial charge in [0.1, 0.15) is 0 Å². The first-order valence-corrected chi connectivity index (χ1v) is 6.78. The summed E-state index contributed by atoms with van der Waals surface area (Å²) in [5.41, 5.74) is 2.38. The second kappa shape index (κ2) is 5.57. The molecule has 0 amide bonds. The van der Waals surface area contributed by atoms with Crippen LogP contribution in [-0.2, 0) is 17.8 Å². The Hall–Kier alpha value is -1.28. The first-order chi connectivity index (χ1) is 8.62. The third-order valence-electron chi connectivity index (χ3n) is 3.34. The van der Waals surface area contributed by atoms with Crippen molar-refractivity contribution in [2.75, 3.05) is 0 Å². The highest BCUT2D eigenvalue weighted by atomic mass is 35.5. The van der Waals surface area contributed by atoms with E-state index in [9.17, 15) is 0 Å². The smallest absolute Gasteiger partial charge is 0.0954 e. The summed E-state index contributed by atoms with van der Waals surface area (Å²) in [5, 5.41) is 0. The molecule has 0 aliphatic rings. The highest BCUT2D eigenvalue weighted by Gasteiger charge is 2.20. The van der Waals surface area contributed by atoms with Crippen molar-refractivity contribution in [3.05, 3.63) is 54.1 Å². The Bertz CT molecular complexity index is 488. The summed E-state index contributed by atoms with van der Waals surface area (Å²) in [6.07, 6.45) is 6.07. The number of imidazole rings is 1. The number of aryl methyl sites for hydroxylation is 1. The fraction of sp³-hybridized carbons (Fsp3) is 0.400. The van der Waals surface area contributed by atoms with Crippen LogP contribution in [0, 0.1) is 0 Å². The Morgan fingerprint density at radius 2 is 1.94 bits per heavy atom. The van der Waals surface area contributed by atoms with Gasteiger partial charge in [-0.15, -0.1) is 11.6 Å². The maximum Gasteiger partial charge on any atom is 0.0954 e. The van der Waals surface area contributed by atoms with Crippen LogP contribution in [0.15, 0.2) is 42.9 Å². The quantitative estimate of drug-likeness (QED) is 0.745. The molecule has 0 atom stereocenters. The van der Waals surface area contributed by atoms with Gasteiger partial charge in [0.05, 0.1) is 17.9 Å². The van der Waals surface area contributed by atoms with Crippen LogP contribution >= 0.6 is 11.6 Å². The Morgan fingerprint density at radius 3 is 2.56 bits per heavy atom. The van der Waals surface area contributed by atoms with Gasteiger partial charge < -0.3 is 4.57 Å². The largest absolute Gasteiger partial charge is 0.332 e. The van der Waals surface area contributed by atoms with E-state index in [1.165, 1.54) is 5.56 Å². The molecule has 2 rings (SSSR count). The van der Waals surface area contributed by atoms with Crippen LogP contribution in [0.4, 0.5) is 0 Å². The first-order valence-electron chi connectivity index (χ1n) is 6.25. The van der Waals surface area contributed by atoms with Gasteiger partial charge in [-0.3, -0.25) is 0 Å². The summed E-state index contributed by atoms with van der Waals surface area (Å²) >= 11 is 5.79. The van der Waals surface area contributed by atoms with Crippen LogP contribution in [-0.4, -0.2) is 9.55 Å². The molecular formula is C15H19ClN2. The molecule has 0 spiro atoms. The molecule has 0 N–H and O–H groups in total. The molecule has 96 valence electrons. The normalized spacial score (nSPS) is 11.7. The minimum atomic E-state index is 0.0626. The van der Waals surface area contributed by atoms with Gasteiger partial charge in [-0.05, 0) is 32.3 Å². The Morgan fingerprint density at radius 1 is 1.22 bits per heavy atom. The molecule has 0 fully saturated rings. The van der Waals surface area contributed by atoms with Gasteiger partial charge in [0, 0.05) is 11.7 Å². The third-order valence-corrected chi connectivity index (χ3v) is 3.61. The molecule has 0 aliphatic carbocycles. The van der Waals surface area contributed by atoms with Crippen molar-refractivity contribution >= 4 is 11.6 Å². The Labute approximate surface area is 114 Å². The number of benzene rings is 1. The lowest BCUT2D eigenvalue weighted by atomic mass is 9.95. The van der Waals surface area contributed by atoms with Crippen molar-refractivity contribution < 1.29 is 0 Å². The lowest BCUT2D eigenvalue weighted by molar-refractivity contribution is 0.327. The molecule has 18 heavy (non-hydrogen) atoms. The summed E-state index contributed by atoms with van der Waals surface area (Å²) in [6.45, 7) is 4.46. The van der Waals surface area contributed by atoms with E-state index < -0.39 is 0 Å². The molecule has 2 aromatic rings. The van der Waals surface area contributed by atoms with E-state index >= 15 is 0 Å². The number of nitrogens with zero attached hydrogens (tertiary/aromatic N) is 2. The molecule has 3 heteroatoms. The summed E-state index contributed by atoms with van der Waals surface area (Å²) in [6, 6.07) is 10.6. The summed E-state index contributed by atoms with van der Waals surface area (Å²) < 4.78 is 2.16. The maximum absolute atomic E-state index is 5.79. The highest BCUT2D eigenvalue weighted by Crippen LogP contribution is 2.22. The van der Waals surface area contributed by atoms with Gasteiger partial charge in [0.2, 0.25) is 0 Å². The van der Waals surface area contributed by atoms with Crippen molar-refractivity contribution in [2.45, 2.75) is 38.1 Å². The molecule has 1 aromatic heterocycles. The number of hydrogen-bond donors (Lipinski definition) is 0. The maximum atomic E-state index is 5.79. The standard InChI is InChI=1S/C15H19ClN2/c1-15(2,18-11-14(10-16)17-12-18)9-8-13-6-4-3-5-7-13/h3-7,11-12H,8-10H2,1-2H3. The van der Waals surface area contributed by atoms with Crippen LogP contribution in [0.2, 0.25) is 0 Å². The minimum Gasteiger partial charge on any atom is -0.332 e. The van der Waals surface area contributed by atoms with Crippen molar-refractivity contribution in [3.63, 3.8) is 0 Å². The first kappa shape index (κ1) is 13.2. The number of rotatable bonds is 5. The number of alkyl halides is 1. The van der Waals surface area contributed by atoms with Crippen molar-refractivity contribution in [3.8, 4) is 0 Å². The van der Waals surface area contributed by atoms with E-state index in [2.05, 4.69) is 53.7 Å². The second-order valence-electron chi connectivity index (χ2n) is 5.20. The van der Waals surface area contributed by atoms with Crippen LogP contribution in [0.5, 0.6) is 0 Å². The van der Waals surface area contributed by atoms with Crippen molar-refractivity contribution in [2.24, 2.45) is 0 Å². The molecule has 2 nitrogen and oxygen atoms in total. The van der Waals surface area contributed by atoms with E-state index in [0.717, 1.165) is 18.5 Å². The molecule has 0 aliphatic heterocycles. The van der Waals surface area contributed by atoms with E-state index in [0.29, 0.717) is 5.88 Å². The van der Waals surface area contributed by atoms with Crippen LogP contribution < -0.4 is 0 Å². The Balaban J connectivity index is 2.03. The highest BCUT2D eigenvalue weighted by molar-refractivity contribution is 6.16. The minimum absolute atomic E-state index is 0.0626. The monoisotopic (exact) mass is 262 g/mol. The fourth-order valence-corrected chi connectivity index (χ4v) is 2.13. The zero-order chi connectivity index (χ0) is 13.0. The number of aromatic nitrogens is 2. The van der Waals surface area contributed by atoms with Crippen LogP contribution in [0.1, 0.15) is 31.5 Å². The van der Waals surface area contributed by atoms with E-state index in [-0.39, 0.29) is 5.54 Å². The van der Waals surface area contributed by atoms with Crippen molar-refractivity contribution in [1.29, 1.82) is 0 Å². The average Bonchev–Trinajstić information content (AvgIpc) is 2.87. The van der Waals surface area contributed by atoms with Gasteiger partial charge in [-0.1, -0.05) is 30.3 Å². The molecule has 0 unspecified atom stereocenters. The van der Waals surface area contributed by atoms with Gasteiger partial charge >= 0.3 is 0 Å². The molecule has 0 saturated carbocycles. The SMILES string of the molecule is CC(C)(CCc1ccccc1)n1cnc(CCl)c1. The lowest BCUT2D eigenvalue weighted by Gasteiger charge is -2.26. The number of halogens is 1. The fourth-order valence-electron chi connectivity index (χ4n) is 1.99. The third kappa shape index (κ3) is 3.14. The topological polar surface area (TPSA) is 17.8 Å². The van der Waals surface area contributed by atoms with Crippen LogP contribution in [0.25, 0.3) is 0 Å². The predicted molar refractivity (Wildman–Crippen MR) is 75.9 cm³/mol. The van der Waals surface area contributed by atoms with Crippen molar-refractivity contribution in [1.82, 2.24) is 9.55 Å². The van der Waals surface area contributed by atoms with E-state index in [4.69, 9.17) is 11.6 Å². The average molecular weight is 263 g/mol. The van der Waals surface area contributed by atoms with Gasteiger partial charge in [0.15, 0.2) is 0 Å². The lowest BCUT2D eigenvalue weighted by Crippen LogP contribution is -2.25. The van der Waals surface area contributed by atoms with Gasteiger partial charge in [-0.2, -0.15) is 0 Å². The molecule has 1 heterocycles. The second-order valence-corrected chi connectivity index (χ2v) is 5.47. The Kier molecular flexibility index (Phi) is 4.07.